The number of nitrogens with one attached hydrogen (secondary N) is 1. The number of amides is 1. The molecule has 9 heteroatoms. The average Bonchev–Trinajstić information content (AvgIpc) is 3.39. The van der Waals surface area contributed by atoms with Crippen LogP contribution in [0, 0.1) is 0 Å². The van der Waals surface area contributed by atoms with Crippen molar-refractivity contribution < 1.29 is 24.2 Å². The summed E-state index contributed by atoms with van der Waals surface area (Å²) in [7, 11) is 0. The molecule has 2 aliphatic heterocycles. The zero-order chi connectivity index (χ0) is 25.2. The molecule has 0 bridgehead atoms. The fraction of sp³-hybridized carbons (Fsp3) is 0.259. The zero-order valence-electron chi connectivity index (χ0n) is 19.2. The predicted octanol–water partition coefficient (Wildman–Crippen LogP) is 5.75. The largest absolute Gasteiger partial charge is 0.493 e. The van der Waals surface area contributed by atoms with E-state index in [2.05, 4.69) is 5.32 Å². The molecule has 1 amide bonds. The van der Waals surface area contributed by atoms with Gasteiger partial charge in [0.2, 0.25) is 0 Å². The predicted molar refractivity (Wildman–Crippen MR) is 138 cm³/mol. The standard InChI is InChI=1S/C27H24Cl2N2O5/c28-17-2-1-3-18(12-17)31(19-8-10-30-15-19)26(32)16-4-6-20(7-5-16)36-25-14-24-22(13-23(25)29)21(27(33)34)9-11-35-24/h1-7,12-14,19,21,30H,8-11,15H2,(H,33,34). The van der Waals surface area contributed by atoms with Gasteiger partial charge < -0.3 is 24.8 Å². The lowest BCUT2D eigenvalue weighted by Crippen LogP contribution is -2.41. The van der Waals surface area contributed by atoms with Gasteiger partial charge in [0, 0.05) is 34.4 Å². The minimum Gasteiger partial charge on any atom is -0.493 e. The number of carboxylic acids is 1. The summed E-state index contributed by atoms with van der Waals surface area (Å²) in [5.41, 5.74) is 1.80. The monoisotopic (exact) mass is 526 g/mol. The molecule has 7 nitrogen and oxygen atoms in total. The van der Waals surface area contributed by atoms with Crippen molar-refractivity contribution >= 4 is 40.8 Å². The molecule has 0 aromatic heterocycles. The highest BCUT2D eigenvalue weighted by Gasteiger charge is 2.30. The number of hydrogen-bond acceptors (Lipinski definition) is 5. The first-order chi connectivity index (χ1) is 17.4. The van der Waals surface area contributed by atoms with E-state index in [4.69, 9.17) is 32.7 Å². The molecule has 3 aromatic carbocycles. The highest BCUT2D eigenvalue weighted by molar-refractivity contribution is 6.32. The van der Waals surface area contributed by atoms with Crippen molar-refractivity contribution in [1.29, 1.82) is 0 Å². The van der Waals surface area contributed by atoms with Crippen molar-refractivity contribution in [3.8, 4) is 17.2 Å². The molecule has 0 aliphatic carbocycles. The van der Waals surface area contributed by atoms with E-state index in [0.717, 1.165) is 18.7 Å². The third kappa shape index (κ3) is 5.00. The van der Waals surface area contributed by atoms with Gasteiger partial charge in [0.25, 0.3) is 5.91 Å². The fourth-order valence-electron chi connectivity index (χ4n) is 4.64. The van der Waals surface area contributed by atoms with Gasteiger partial charge in [0.1, 0.15) is 17.2 Å². The van der Waals surface area contributed by atoms with E-state index in [-0.39, 0.29) is 17.0 Å². The van der Waals surface area contributed by atoms with Crippen LogP contribution in [-0.4, -0.2) is 42.7 Å². The number of carbonyl (C=O) groups excluding carboxylic acids is 1. The van der Waals surface area contributed by atoms with Gasteiger partial charge in [0.15, 0.2) is 0 Å². The second kappa shape index (κ2) is 10.4. The Morgan fingerprint density at radius 2 is 1.86 bits per heavy atom. The van der Waals surface area contributed by atoms with Gasteiger partial charge in [0.05, 0.1) is 23.6 Å². The second-order valence-electron chi connectivity index (χ2n) is 8.78. The molecule has 0 radical (unpaired) electrons. The first-order valence-corrected chi connectivity index (χ1v) is 12.4. The first kappa shape index (κ1) is 24.4. The molecule has 36 heavy (non-hydrogen) atoms. The summed E-state index contributed by atoms with van der Waals surface area (Å²) in [6, 6.07) is 17.3. The van der Waals surface area contributed by atoms with Crippen molar-refractivity contribution in [2.24, 2.45) is 0 Å². The van der Waals surface area contributed by atoms with E-state index < -0.39 is 11.9 Å². The lowest BCUT2D eigenvalue weighted by molar-refractivity contribution is -0.139. The number of aliphatic carboxylic acids is 1. The van der Waals surface area contributed by atoms with Crippen LogP contribution in [0.25, 0.3) is 0 Å². The van der Waals surface area contributed by atoms with Gasteiger partial charge >= 0.3 is 5.97 Å². The van der Waals surface area contributed by atoms with E-state index in [1.807, 2.05) is 12.1 Å². The first-order valence-electron chi connectivity index (χ1n) is 11.7. The van der Waals surface area contributed by atoms with Gasteiger partial charge in [-0.25, -0.2) is 0 Å². The summed E-state index contributed by atoms with van der Waals surface area (Å²) in [6.45, 7) is 1.86. The molecule has 3 aromatic rings. The Labute approximate surface area is 218 Å². The number of benzene rings is 3. The van der Waals surface area contributed by atoms with Crippen molar-refractivity contribution in [2.75, 3.05) is 24.6 Å². The SMILES string of the molecule is O=C(O)C1CCOc2cc(Oc3ccc(C(=O)N(c4cccc(Cl)c4)C4CCNC4)cc3)c(Cl)cc21. The zero-order valence-corrected chi connectivity index (χ0v) is 20.8. The molecule has 2 aliphatic rings. The number of rotatable bonds is 6. The topological polar surface area (TPSA) is 88.1 Å². The Kier molecular flexibility index (Phi) is 7.05. The quantitative estimate of drug-likeness (QED) is 0.425. The van der Waals surface area contributed by atoms with Gasteiger partial charge in [-0.15, -0.1) is 0 Å². The number of ether oxygens (including phenoxy) is 2. The Hall–Kier alpha value is -3.26. The molecule has 1 fully saturated rings. The normalized spacial score (nSPS) is 18.7. The van der Waals surface area contributed by atoms with Crippen LogP contribution in [0.3, 0.4) is 0 Å². The van der Waals surface area contributed by atoms with E-state index in [0.29, 0.717) is 53.0 Å². The van der Waals surface area contributed by atoms with Crippen LogP contribution in [0.4, 0.5) is 5.69 Å². The Bertz CT molecular complexity index is 1290. The van der Waals surface area contributed by atoms with Crippen LogP contribution in [-0.2, 0) is 4.79 Å². The molecule has 5 rings (SSSR count). The molecule has 1 saturated heterocycles. The van der Waals surface area contributed by atoms with Crippen LogP contribution in [0.2, 0.25) is 10.0 Å². The smallest absolute Gasteiger partial charge is 0.311 e. The maximum absolute atomic E-state index is 13.5. The molecule has 0 spiro atoms. The molecule has 186 valence electrons. The van der Waals surface area contributed by atoms with Crippen molar-refractivity contribution in [3.63, 3.8) is 0 Å². The van der Waals surface area contributed by atoms with E-state index in [1.165, 1.54) is 0 Å². The molecule has 2 atom stereocenters. The number of anilines is 1. The van der Waals surface area contributed by atoms with Gasteiger partial charge in [-0.05, 0) is 67.9 Å². The summed E-state index contributed by atoms with van der Waals surface area (Å²) in [5, 5.41) is 13.6. The summed E-state index contributed by atoms with van der Waals surface area (Å²) in [4.78, 5) is 26.9. The van der Waals surface area contributed by atoms with Crippen LogP contribution < -0.4 is 19.7 Å². The minimum absolute atomic E-state index is 0.0239. The molecule has 2 unspecified atom stereocenters. The van der Waals surface area contributed by atoms with Crippen LogP contribution >= 0.6 is 23.2 Å². The number of carbonyl (C=O) groups is 2. The number of fused-ring (bicyclic) bond motifs is 1. The molecule has 2 heterocycles. The third-order valence-electron chi connectivity index (χ3n) is 6.44. The van der Waals surface area contributed by atoms with Crippen LogP contribution in [0.1, 0.15) is 34.7 Å². The van der Waals surface area contributed by atoms with Gasteiger partial charge in [-0.3, -0.25) is 9.59 Å². The van der Waals surface area contributed by atoms with Gasteiger partial charge in [-0.1, -0.05) is 29.3 Å². The lowest BCUT2D eigenvalue weighted by Gasteiger charge is -2.29. The molecular formula is C27H24Cl2N2O5. The van der Waals surface area contributed by atoms with Crippen LogP contribution in [0.15, 0.2) is 60.7 Å². The fourth-order valence-corrected chi connectivity index (χ4v) is 5.03. The number of nitrogens with zero attached hydrogens (tertiary/aromatic N) is 1. The Balaban J connectivity index is 1.37. The lowest BCUT2D eigenvalue weighted by atomic mass is 9.93. The number of halogens is 2. The second-order valence-corrected chi connectivity index (χ2v) is 9.62. The maximum atomic E-state index is 13.5. The maximum Gasteiger partial charge on any atom is 0.311 e. The van der Waals surface area contributed by atoms with E-state index in [1.54, 1.807) is 53.4 Å². The van der Waals surface area contributed by atoms with Crippen molar-refractivity contribution in [3.05, 3.63) is 81.8 Å². The van der Waals surface area contributed by atoms with Gasteiger partial charge in [-0.2, -0.15) is 0 Å². The molecule has 0 saturated carbocycles. The highest BCUT2D eigenvalue weighted by Crippen LogP contribution is 2.42. The highest BCUT2D eigenvalue weighted by atomic mass is 35.5. The van der Waals surface area contributed by atoms with Crippen LogP contribution in [0.5, 0.6) is 17.2 Å². The van der Waals surface area contributed by atoms with E-state index >= 15 is 0 Å². The average molecular weight is 527 g/mol. The van der Waals surface area contributed by atoms with Crippen molar-refractivity contribution in [1.82, 2.24) is 5.32 Å². The van der Waals surface area contributed by atoms with E-state index in [9.17, 15) is 14.7 Å². The minimum atomic E-state index is -0.912. The summed E-state index contributed by atoms with van der Waals surface area (Å²) in [6.07, 6.45) is 1.23. The Morgan fingerprint density at radius 3 is 2.56 bits per heavy atom. The Morgan fingerprint density at radius 1 is 1.06 bits per heavy atom. The molecular weight excluding hydrogens is 503 g/mol. The summed E-state index contributed by atoms with van der Waals surface area (Å²) in [5.74, 6) is -0.429. The van der Waals surface area contributed by atoms with Crippen molar-refractivity contribution in [2.45, 2.75) is 24.8 Å². The molecule has 2 N–H and O–H groups in total. The summed E-state index contributed by atoms with van der Waals surface area (Å²) >= 11 is 12.6. The summed E-state index contributed by atoms with van der Waals surface area (Å²) < 4.78 is 11.6. The number of carboxylic acid groups (broad SMARTS) is 1. The third-order valence-corrected chi connectivity index (χ3v) is 6.97. The number of hydrogen-bond donors (Lipinski definition) is 2.